The molecule has 1 aliphatic heterocycles. The Kier molecular flexibility index (Phi) is 7.06. The van der Waals surface area contributed by atoms with Gasteiger partial charge in [0.1, 0.15) is 16.7 Å². The zero-order valence-corrected chi connectivity index (χ0v) is 18.5. The molecular formula is C22H20ClF2N5OS. The lowest BCUT2D eigenvalue weighted by molar-refractivity contribution is -0.113. The van der Waals surface area contributed by atoms with Crippen molar-refractivity contribution in [1.29, 1.82) is 0 Å². The van der Waals surface area contributed by atoms with Crippen LogP contribution < -0.4 is 15.1 Å². The first kappa shape index (κ1) is 22.3. The summed E-state index contributed by atoms with van der Waals surface area (Å²) >= 11 is 6.99. The molecule has 2 aromatic carbocycles. The molecule has 0 radical (unpaired) electrons. The molecule has 0 atom stereocenters. The first-order valence-corrected chi connectivity index (χ1v) is 11.3. The van der Waals surface area contributed by atoms with E-state index in [-0.39, 0.29) is 28.2 Å². The molecule has 0 unspecified atom stereocenters. The van der Waals surface area contributed by atoms with Gasteiger partial charge in [0.2, 0.25) is 5.91 Å². The quantitative estimate of drug-likeness (QED) is 0.531. The van der Waals surface area contributed by atoms with Crippen molar-refractivity contribution in [1.82, 2.24) is 9.97 Å². The first-order chi connectivity index (χ1) is 15.5. The van der Waals surface area contributed by atoms with E-state index in [2.05, 4.69) is 25.1 Å². The maximum atomic E-state index is 13.9. The van der Waals surface area contributed by atoms with Crippen LogP contribution in [0.4, 0.5) is 26.0 Å². The molecule has 1 fully saturated rings. The van der Waals surface area contributed by atoms with Crippen molar-refractivity contribution in [3.05, 3.63) is 71.5 Å². The number of piperazine rings is 1. The number of aromatic nitrogens is 2. The fourth-order valence-electron chi connectivity index (χ4n) is 3.38. The number of hydrogen-bond donors (Lipinski definition) is 1. The number of rotatable bonds is 6. The van der Waals surface area contributed by atoms with Crippen molar-refractivity contribution in [2.45, 2.75) is 5.03 Å². The summed E-state index contributed by atoms with van der Waals surface area (Å²) in [5.41, 5.74) is 1.06. The van der Waals surface area contributed by atoms with Crippen LogP contribution in [0, 0.1) is 11.6 Å². The van der Waals surface area contributed by atoms with Crippen LogP contribution in [0.3, 0.4) is 0 Å². The van der Waals surface area contributed by atoms with Gasteiger partial charge in [0, 0.05) is 49.3 Å². The van der Waals surface area contributed by atoms with Crippen molar-refractivity contribution >= 4 is 46.5 Å². The molecule has 2 heterocycles. The summed E-state index contributed by atoms with van der Waals surface area (Å²) in [4.78, 5) is 25.5. The second kappa shape index (κ2) is 10.1. The number of nitrogens with zero attached hydrogens (tertiary/aromatic N) is 4. The standard InChI is InChI=1S/C22H20ClF2N5OS/c23-15-1-6-19(18(25)13-15)28-20(31)14-32-22-21(26-7-8-27-22)30-11-9-29(10-12-30)17-4-2-16(24)3-5-17/h1-8,13H,9-12,14H2,(H,28,31). The van der Waals surface area contributed by atoms with E-state index in [0.717, 1.165) is 24.8 Å². The molecule has 1 amide bonds. The summed E-state index contributed by atoms with van der Waals surface area (Å²) in [6.45, 7) is 2.93. The van der Waals surface area contributed by atoms with E-state index in [0.29, 0.717) is 23.9 Å². The Hall–Kier alpha value is -2.91. The van der Waals surface area contributed by atoms with Crippen LogP contribution in [0.1, 0.15) is 0 Å². The number of hydrogen-bond acceptors (Lipinski definition) is 6. The molecule has 6 nitrogen and oxygen atoms in total. The molecule has 1 aliphatic rings. The predicted octanol–water partition coefficient (Wildman–Crippen LogP) is 4.47. The first-order valence-electron chi connectivity index (χ1n) is 9.94. The maximum Gasteiger partial charge on any atom is 0.234 e. The van der Waals surface area contributed by atoms with E-state index in [1.807, 2.05) is 0 Å². The highest BCUT2D eigenvalue weighted by Gasteiger charge is 2.22. The molecule has 1 aromatic heterocycles. The lowest BCUT2D eigenvalue weighted by Crippen LogP contribution is -2.47. The number of anilines is 3. The minimum atomic E-state index is -0.588. The molecule has 1 N–H and O–H groups in total. The zero-order chi connectivity index (χ0) is 22.5. The van der Waals surface area contributed by atoms with Gasteiger partial charge in [-0.05, 0) is 42.5 Å². The summed E-state index contributed by atoms with van der Waals surface area (Å²) in [5, 5.41) is 3.44. The molecule has 166 valence electrons. The van der Waals surface area contributed by atoms with E-state index in [9.17, 15) is 13.6 Å². The average molecular weight is 476 g/mol. The number of carbonyl (C=O) groups is 1. The Morgan fingerprint density at radius 1 is 1.00 bits per heavy atom. The molecule has 0 spiro atoms. The molecule has 32 heavy (non-hydrogen) atoms. The number of nitrogens with one attached hydrogen (secondary N) is 1. The fraction of sp³-hybridized carbons (Fsp3) is 0.227. The van der Waals surface area contributed by atoms with Crippen LogP contribution in [0.15, 0.2) is 59.9 Å². The van der Waals surface area contributed by atoms with Crippen LogP contribution in [0.5, 0.6) is 0 Å². The highest BCUT2D eigenvalue weighted by atomic mass is 35.5. The smallest absolute Gasteiger partial charge is 0.234 e. The van der Waals surface area contributed by atoms with E-state index in [1.54, 1.807) is 24.5 Å². The summed E-state index contributed by atoms with van der Waals surface area (Å²) in [7, 11) is 0. The number of thioether (sulfide) groups is 1. The molecule has 0 aliphatic carbocycles. The van der Waals surface area contributed by atoms with Gasteiger partial charge in [0.15, 0.2) is 5.82 Å². The van der Waals surface area contributed by atoms with Crippen LogP contribution in [0.25, 0.3) is 0 Å². The number of benzene rings is 2. The van der Waals surface area contributed by atoms with Crippen LogP contribution in [-0.4, -0.2) is 47.8 Å². The molecule has 1 saturated heterocycles. The van der Waals surface area contributed by atoms with Crippen molar-refractivity contribution in [2.75, 3.05) is 47.0 Å². The van der Waals surface area contributed by atoms with Crippen LogP contribution >= 0.6 is 23.4 Å². The monoisotopic (exact) mass is 475 g/mol. The summed E-state index contributed by atoms with van der Waals surface area (Å²) < 4.78 is 27.1. The molecule has 4 rings (SSSR count). The Morgan fingerprint density at radius 2 is 1.69 bits per heavy atom. The SMILES string of the molecule is O=C(CSc1nccnc1N1CCN(c2ccc(F)cc2)CC1)Nc1ccc(Cl)cc1F. The second-order valence-corrected chi connectivity index (χ2v) is 8.50. The average Bonchev–Trinajstić information content (AvgIpc) is 2.80. The minimum Gasteiger partial charge on any atom is -0.368 e. The number of halogens is 3. The fourth-order valence-corrected chi connectivity index (χ4v) is 4.32. The van der Waals surface area contributed by atoms with Crippen LogP contribution in [-0.2, 0) is 4.79 Å². The van der Waals surface area contributed by atoms with Crippen molar-refractivity contribution in [3.8, 4) is 0 Å². The van der Waals surface area contributed by atoms with Gasteiger partial charge in [-0.1, -0.05) is 23.4 Å². The van der Waals surface area contributed by atoms with Crippen molar-refractivity contribution in [2.24, 2.45) is 0 Å². The normalized spacial score (nSPS) is 13.8. The molecule has 0 saturated carbocycles. The van der Waals surface area contributed by atoms with Crippen molar-refractivity contribution < 1.29 is 13.6 Å². The number of carbonyl (C=O) groups excluding carboxylic acids is 1. The van der Waals surface area contributed by atoms with E-state index in [1.165, 1.54) is 36.0 Å². The van der Waals surface area contributed by atoms with Gasteiger partial charge in [-0.15, -0.1) is 0 Å². The lowest BCUT2D eigenvalue weighted by Gasteiger charge is -2.37. The summed E-state index contributed by atoms with van der Waals surface area (Å²) in [5.74, 6) is -0.425. The van der Waals surface area contributed by atoms with Gasteiger partial charge in [-0.25, -0.2) is 18.7 Å². The van der Waals surface area contributed by atoms with E-state index < -0.39 is 5.82 Å². The van der Waals surface area contributed by atoms with Gasteiger partial charge in [-0.2, -0.15) is 0 Å². The molecule has 10 heteroatoms. The van der Waals surface area contributed by atoms with Gasteiger partial charge < -0.3 is 15.1 Å². The van der Waals surface area contributed by atoms with Crippen LogP contribution in [0.2, 0.25) is 5.02 Å². The largest absolute Gasteiger partial charge is 0.368 e. The Morgan fingerprint density at radius 3 is 2.41 bits per heavy atom. The third kappa shape index (κ3) is 5.46. The maximum absolute atomic E-state index is 13.9. The van der Waals surface area contributed by atoms with E-state index in [4.69, 9.17) is 11.6 Å². The van der Waals surface area contributed by atoms with Gasteiger partial charge in [0.25, 0.3) is 0 Å². The van der Waals surface area contributed by atoms with Crippen molar-refractivity contribution in [3.63, 3.8) is 0 Å². The molecule has 3 aromatic rings. The third-order valence-electron chi connectivity index (χ3n) is 4.96. The Labute approximate surface area is 193 Å². The molecule has 0 bridgehead atoms. The third-order valence-corrected chi connectivity index (χ3v) is 6.17. The Bertz CT molecular complexity index is 1090. The minimum absolute atomic E-state index is 0.0588. The highest BCUT2D eigenvalue weighted by molar-refractivity contribution is 8.00. The topological polar surface area (TPSA) is 61.4 Å². The zero-order valence-electron chi connectivity index (χ0n) is 17.0. The summed E-state index contributed by atoms with van der Waals surface area (Å²) in [6, 6.07) is 10.6. The van der Waals surface area contributed by atoms with E-state index >= 15 is 0 Å². The second-order valence-electron chi connectivity index (χ2n) is 7.10. The van der Waals surface area contributed by atoms with Gasteiger partial charge in [0.05, 0.1) is 11.4 Å². The highest BCUT2D eigenvalue weighted by Crippen LogP contribution is 2.28. The summed E-state index contributed by atoms with van der Waals surface area (Å²) in [6.07, 6.45) is 3.20. The predicted molar refractivity (Wildman–Crippen MR) is 124 cm³/mol. The van der Waals surface area contributed by atoms with Gasteiger partial charge in [-0.3, -0.25) is 4.79 Å². The number of amides is 1. The lowest BCUT2D eigenvalue weighted by atomic mass is 10.2. The van der Waals surface area contributed by atoms with Gasteiger partial charge >= 0.3 is 0 Å². The Balaban J connectivity index is 1.36. The molecular weight excluding hydrogens is 456 g/mol.